The molecule has 1 heterocycles. The Balaban J connectivity index is 1.92. The number of H-pyrrole nitrogens is 1. The van der Waals surface area contributed by atoms with Crippen LogP contribution in [0.4, 0.5) is 15.8 Å². The molecule has 3 aromatic rings. The first kappa shape index (κ1) is 12.9. The third-order valence-electron chi connectivity index (χ3n) is 2.97. The van der Waals surface area contributed by atoms with Crippen molar-refractivity contribution in [3.63, 3.8) is 0 Å². The van der Waals surface area contributed by atoms with E-state index in [1.54, 1.807) is 6.07 Å². The molecule has 3 rings (SSSR count). The van der Waals surface area contributed by atoms with E-state index in [-0.39, 0.29) is 11.3 Å². The minimum absolute atomic E-state index is 0.0378. The molecule has 0 radical (unpaired) electrons. The van der Waals surface area contributed by atoms with Crippen molar-refractivity contribution >= 4 is 28.4 Å². The smallest absolute Gasteiger partial charge is 0.408 e. The number of aromatic nitrogens is 1. The Morgan fingerprint density at radius 2 is 2.10 bits per heavy atom. The Morgan fingerprint density at radius 3 is 2.90 bits per heavy atom. The van der Waals surface area contributed by atoms with Gasteiger partial charge in [-0.1, -0.05) is 6.07 Å². The van der Waals surface area contributed by atoms with Crippen molar-refractivity contribution in [1.82, 2.24) is 4.98 Å². The standard InChI is InChI=1S/C14H10FN3O3/c15-9-3-1-2-8(12(9)16)13(19)17-7-4-5-11-10(6-7)18-14(20)21-11/h1-6H,16H2,(H,17,19)(H,18,20). The van der Waals surface area contributed by atoms with Crippen LogP contribution in [0.2, 0.25) is 0 Å². The number of hydrogen-bond donors (Lipinski definition) is 3. The molecular weight excluding hydrogens is 277 g/mol. The van der Waals surface area contributed by atoms with Crippen LogP contribution in [0, 0.1) is 5.82 Å². The Kier molecular flexibility index (Phi) is 2.94. The number of fused-ring (bicyclic) bond motifs is 1. The Morgan fingerprint density at radius 1 is 1.29 bits per heavy atom. The van der Waals surface area contributed by atoms with Crippen molar-refractivity contribution < 1.29 is 13.6 Å². The van der Waals surface area contributed by atoms with Crippen LogP contribution in [0.5, 0.6) is 0 Å². The first-order valence-electron chi connectivity index (χ1n) is 6.03. The quantitative estimate of drug-likeness (QED) is 0.628. The average molecular weight is 287 g/mol. The molecule has 7 heteroatoms. The maximum Gasteiger partial charge on any atom is 0.417 e. The van der Waals surface area contributed by atoms with Crippen molar-refractivity contribution in [2.24, 2.45) is 0 Å². The van der Waals surface area contributed by atoms with Gasteiger partial charge in [0.25, 0.3) is 5.91 Å². The second kappa shape index (κ2) is 4.78. The lowest BCUT2D eigenvalue weighted by molar-refractivity contribution is 0.102. The van der Waals surface area contributed by atoms with Crippen LogP contribution in [0.15, 0.2) is 45.6 Å². The first-order valence-corrected chi connectivity index (χ1v) is 6.03. The van der Waals surface area contributed by atoms with E-state index in [1.165, 1.54) is 30.3 Å². The molecule has 0 aliphatic carbocycles. The molecule has 0 fully saturated rings. The third kappa shape index (κ3) is 2.36. The van der Waals surface area contributed by atoms with Crippen molar-refractivity contribution in [2.45, 2.75) is 0 Å². The number of para-hydroxylation sites is 1. The summed E-state index contributed by atoms with van der Waals surface area (Å²) < 4.78 is 18.2. The second-order valence-electron chi connectivity index (χ2n) is 4.38. The van der Waals surface area contributed by atoms with Gasteiger partial charge in [-0.2, -0.15) is 0 Å². The lowest BCUT2D eigenvalue weighted by Crippen LogP contribution is -2.14. The summed E-state index contributed by atoms with van der Waals surface area (Å²) in [5, 5.41) is 2.58. The molecule has 2 aromatic carbocycles. The number of amides is 1. The van der Waals surface area contributed by atoms with E-state index in [1.807, 2.05) is 0 Å². The summed E-state index contributed by atoms with van der Waals surface area (Å²) in [4.78, 5) is 25.6. The lowest BCUT2D eigenvalue weighted by atomic mass is 10.1. The number of carbonyl (C=O) groups excluding carboxylic acids is 1. The highest BCUT2D eigenvalue weighted by atomic mass is 19.1. The largest absolute Gasteiger partial charge is 0.417 e. The van der Waals surface area contributed by atoms with Gasteiger partial charge >= 0.3 is 5.76 Å². The van der Waals surface area contributed by atoms with E-state index in [0.29, 0.717) is 16.8 Å². The zero-order valence-electron chi connectivity index (χ0n) is 10.6. The van der Waals surface area contributed by atoms with Gasteiger partial charge in [0.15, 0.2) is 5.58 Å². The number of rotatable bonds is 2. The van der Waals surface area contributed by atoms with E-state index >= 15 is 0 Å². The van der Waals surface area contributed by atoms with Gasteiger partial charge in [-0.25, -0.2) is 9.18 Å². The number of benzene rings is 2. The predicted octanol–water partition coefficient (Wildman–Crippen LogP) is 2.09. The van der Waals surface area contributed by atoms with Crippen molar-refractivity contribution in [1.29, 1.82) is 0 Å². The third-order valence-corrected chi connectivity index (χ3v) is 2.97. The highest BCUT2D eigenvalue weighted by Gasteiger charge is 2.13. The van der Waals surface area contributed by atoms with Crippen LogP contribution in [-0.2, 0) is 0 Å². The van der Waals surface area contributed by atoms with E-state index < -0.39 is 17.5 Å². The van der Waals surface area contributed by atoms with Crippen LogP contribution in [0.25, 0.3) is 11.1 Å². The monoisotopic (exact) mass is 287 g/mol. The number of nitrogens with two attached hydrogens (primary N) is 1. The molecule has 0 saturated heterocycles. The first-order chi connectivity index (χ1) is 10.0. The highest BCUT2D eigenvalue weighted by Crippen LogP contribution is 2.20. The average Bonchev–Trinajstić information content (AvgIpc) is 2.81. The zero-order chi connectivity index (χ0) is 15.0. The summed E-state index contributed by atoms with van der Waals surface area (Å²) in [7, 11) is 0. The molecule has 0 aliphatic rings. The molecule has 0 aliphatic heterocycles. The minimum Gasteiger partial charge on any atom is -0.408 e. The van der Waals surface area contributed by atoms with Crippen molar-refractivity contribution in [3.05, 3.63) is 58.3 Å². The second-order valence-corrected chi connectivity index (χ2v) is 4.38. The molecule has 106 valence electrons. The normalized spacial score (nSPS) is 10.7. The molecule has 6 nitrogen and oxygen atoms in total. The Hall–Kier alpha value is -3.09. The molecule has 1 aromatic heterocycles. The van der Waals surface area contributed by atoms with E-state index in [0.717, 1.165) is 0 Å². The predicted molar refractivity (Wildman–Crippen MR) is 75.6 cm³/mol. The highest BCUT2D eigenvalue weighted by molar-refractivity contribution is 6.08. The summed E-state index contributed by atoms with van der Waals surface area (Å²) in [6.45, 7) is 0. The SMILES string of the molecule is Nc1c(F)cccc1C(=O)Nc1ccc2oc(=O)[nH]c2c1. The summed E-state index contributed by atoms with van der Waals surface area (Å²) in [5.74, 6) is -1.78. The van der Waals surface area contributed by atoms with Gasteiger partial charge in [0.05, 0.1) is 16.8 Å². The Bertz CT molecular complexity index is 898. The topological polar surface area (TPSA) is 101 Å². The van der Waals surface area contributed by atoms with Gasteiger partial charge < -0.3 is 15.5 Å². The summed E-state index contributed by atoms with van der Waals surface area (Å²) in [6.07, 6.45) is 0. The fourth-order valence-corrected chi connectivity index (χ4v) is 1.96. The number of nitrogen functional groups attached to an aromatic ring is 1. The number of nitrogens with one attached hydrogen (secondary N) is 2. The van der Waals surface area contributed by atoms with Crippen LogP contribution in [-0.4, -0.2) is 10.9 Å². The van der Waals surface area contributed by atoms with Crippen molar-refractivity contribution in [2.75, 3.05) is 11.1 Å². The van der Waals surface area contributed by atoms with Crippen molar-refractivity contribution in [3.8, 4) is 0 Å². The maximum atomic E-state index is 13.3. The maximum absolute atomic E-state index is 13.3. The summed E-state index contributed by atoms with van der Waals surface area (Å²) in [5.41, 5.74) is 6.61. The molecule has 1 amide bonds. The molecule has 0 saturated carbocycles. The molecule has 21 heavy (non-hydrogen) atoms. The van der Waals surface area contributed by atoms with Gasteiger partial charge in [-0.05, 0) is 30.3 Å². The van der Waals surface area contributed by atoms with E-state index in [9.17, 15) is 14.0 Å². The number of hydrogen-bond acceptors (Lipinski definition) is 4. The van der Waals surface area contributed by atoms with Gasteiger partial charge in [-0.15, -0.1) is 0 Å². The van der Waals surface area contributed by atoms with Crippen LogP contribution in [0.1, 0.15) is 10.4 Å². The Labute approximate surface area is 117 Å². The van der Waals surface area contributed by atoms with Gasteiger partial charge in [0.1, 0.15) is 5.82 Å². The number of anilines is 2. The van der Waals surface area contributed by atoms with E-state index in [2.05, 4.69) is 10.3 Å². The van der Waals surface area contributed by atoms with Crippen LogP contribution >= 0.6 is 0 Å². The van der Waals surface area contributed by atoms with Crippen LogP contribution < -0.4 is 16.8 Å². The minimum atomic E-state index is -0.655. The number of oxazole rings is 1. The van der Waals surface area contributed by atoms with Gasteiger partial charge in [-0.3, -0.25) is 9.78 Å². The summed E-state index contributed by atoms with van der Waals surface area (Å²) in [6, 6.07) is 8.63. The lowest BCUT2D eigenvalue weighted by Gasteiger charge is -2.07. The zero-order valence-corrected chi connectivity index (χ0v) is 10.6. The molecule has 0 spiro atoms. The fraction of sp³-hybridized carbons (Fsp3) is 0. The molecule has 0 atom stereocenters. The number of aromatic amines is 1. The molecule has 4 N–H and O–H groups in total. The molecular formula is C14H10FN3O3. The number of halogens is 1. The fourth-order valence-electron chi connectivity index (χ4n) is 1.96. The van der Waals surface area contributed by atoms with Crippen LogP contribution in [0.3, 0.4) is 0 Å². The number of carbonyl (C=O) groups is 1. The molecule has 0 bridgehead atoms. The molecule has 0 unspecified atom stereocenters. The van der Waals surface area contributed by atoms with Gasteiger partial charge in [0, 0.05) is 5.69 Å². The summed E-state index contributed by atoms with van der Waals surface area (Å²) >= 11 is 0. The van der Waals surface area contributed by atoms with Gasteiger partial charge in [0.2, 0.25) is 0 Å². The van der Waals surface area contributed by atoms with E-state index in [4.69, 9.17) is 10.2 Å².